The molecule has 3 rings (SSSR count). The average Bonchev–Trinajstić information content (AvgIpc) is 2.78. The lowest BCUT2D eigenvalue weighted by Gasteiger charge is -2.32. The van der Waals surface area contributed by atoms with Crippen molar-refractivity contribution in [1.29, 1.82) is 0 Å². The van der Waals surface area contributed by atoms with Crippen LogP contribution >= 0.6 is 11.6 Å². The van der Waals surface area contributed by atoms with Crippen molar-refractivity contribution in [2.75, 3.05) is 6.61 Å². The molecule has 0 saturated heterocycles. The predicted octanol–water partition coefficient (Wildman–Crippen LogP) is 5.59. The third-order valence-corrected chi connectivity index (χ3v) is 6.41. The van der Waals surface area contributed by atoms with E-state index in [2.05, 4.69) is 11.4 Å². The molecule has 1 atom stereocenters. The highest BCUT2D eigenvalue weighted by Gasteiger charge is 2.30. The molecule has 1 saturated carbocycles. The van der Waals surface area contributed by atoms with Gasteiger partial charge in [0, 0.05) is 17.6 Å². The van der Waals surface area contributed by atoms with E-state index < -0.39 is 6.04 Å². The number of amides is 2. The molecule has 0 radical (unpaired) electrons. The molecule has 0 aliphatic heterocycles. The molecule has 6 heteroatoms. The number of rotatable bonds is 9. The smallest absolute Gasteiger partial charge is 0.261 e. The molecule has 33 heavy (non-hydrogen) atoms. The number of carbonyl (C=O) groups excluding carboxylic acids is 2. The van der Waals surface area contributed by atoms with Gasteiger partial charge in [0.15, 0.2) is 6.61 Å². The van der Waals surface area contributed by atoms with Crippen molar-refractivity contribution in [3.8, 4) is 5.75 Å². The standard InChI is InChI=1S/C27H35ClN2O3/c1-4-25(27(32)29-23-8-6-5-7-9-23)30(17-21-10-12-22(28)13-11-21)26(31)18-33-24-15-19(2)14-20(3)16-24/h10-16,23,25H,4-9,17-18H2,1-3H3,(H,29,32)/t25-/m0/s1. The molecule has 0 aromatic heterocycles. The molecule has 2 aromatic rings. The van der Waals surface area contributed by atoms with Crippen molar-refractivity contribution in [1.82, 2.24) is 10.2 Å². The van der Waals surface area contributed by atoms with Crippen molar-refractivity contribution in [2.45, 2.75) is 77.9 Å². The molecule has 0 spiro atoms. The lowest BCUT2D eigenvalue weighted by atomic mass is 9.95. The molecule has 0 heterocycles. The minimum absolute atomic E-state index is 0.0851. The van der Waals surface area contributed by atoms with E-state index in [1.54, 1.807) is 17.0 Å². The van der Waals surface area contributed by atoms with Gasteiger partial charge < -0.3 is 15.0 Å². The Hall–Kier alpha value is -2.53. The summed E-state index contributed by atoms with van der Waals surface area (Å²) < 4.78 is 5.85. The molecule has 2 aromatic carbocycles. The van der Waals surface area contributed by atoms with Gasteiger partial charge in [-0.1, -0.05) is 56.0 Å². The summed E-state index contributed by atoms with van der Waals surface area (Å²) in [5.74, 6) is 0.361. The van der Waals surface area contributed by atoms with Crippen molar-refractivity contribution in [2.24, 2.45) is 0 Å². The summed E-state index contributed by atoms with van der Waals surface area (Å²) in [5.41, 5.74) is 3.07. The van der Waals surface area contributed by atoms with E-state index in [0.717, 1.165) is 42.4 Å². The molecule has 1 fully saturated rings. The van der Waals surface area contributed by atoms with Gasteiger partial charge in [0.1, 0.15) is 11.8 Å². The van der Waals surface area contributed by atoms with Crippen LogP contribution in [0.1, 0.15) is 62.1 Å². The fourth-order valence-electron chi connectivity index (χ4n) is 4.49. The van der Waals surface area contributed by atoms with E-state index in [0.29, 0.717) is 23.7 Å². The quantitative estimate of drug-likeness (QED) is 0.519. The minimum atomic E-state index is -0.557. The second-order valence-electron chi connectivity index (χ2n) is 9.03. The summed E-state index contributed by atoms with van der Waals surface area (Å²) in [6.45, 7) is 6.14. The first kappa shape index (κ1) is 25.1. The van der Waals surface area contributed by atoms with Gasteiger partial charge in [-0.3, -0.25) is 9.59 Å². The predicted molar refractivity (Wildman–Crippen MR) is 133 cm³/mol. The van der Waals surface area contributed by atoms with E-state index in [-0.39, 0.29) is 24.5 Å². The van der Waals surface area contributed by atoms with Crippen LogP contribution in [0.3, 0.4) is 0 Å². The summed E-state index contributed by atoms with van der Waals surface area (Å²) in [7, 11) is 0. The highest BCUT2D eigenvalue weighted by molar-refractivity contribution is 6.30. The Balaban J connectivity index is 1.76. The number of hydrogen-bond donors (Lipinski definition) is 1. The van der Waals surface area contributed by atoms with Crippen LogP contribution in [0, 0.1) is 13.8 Å². The van der Waals surface area contributed by atoms with Crippen molar-refractivity contribution >= 4 is 23.4 Å². The topological polar surface area (TPSA) is 58.6 Å². The molecule has 178 valence electrons. The van der Waals surface area contributed by atoms with Crippen molar-refractivity contribution in [3.63, 3.8) is 0 Å². The van der Waals surface area contributed by atoms with Crippen molar-refractivity contribution in [3.05, 3.63) is 64.2 Å². The Kier molecular flexibility index (Phi) is 9.19. The lowest BCUT2D eigenvalue weighted by molar-refractivity contribution is -0.143. The SMILES string of the molecule is CC[C@@H](C(=O)NC1CCCCC1)N(Cc1ccc(Cl)cc1)C(=O)COc1cc(C)cc(C)c1. The number of ether oxygens (including phenoxy) is 1. The zero-order valence-corrected chi connectivity index (χ0v) is 20.7. The summed E-state index contributed by atoms with van der Waals surface area (Å²) in [5, 5.41) is 3.83. The number of benzene rings is 2. The summed E-state index contributed by atoms with van der Waals surface area (Å²) in [6, 6.07) is 12.9. The molecule has 0 unspecified atom stereocenters. The average molecular weight is 471 g/mol. The molecule has 2 amide bonds. The maximum absolute atomic E-state index is 13.3. The largest absolute Gasteiger partial charge is 0.484 e. The Labute approximate surface area is 202 Å². The van der Waals surface area contributed by atoms with Gasteiger partial charge in [-0.15, -0.1) is 0 Å². The van der Waals surface area contributed by atoms with Crippen LogP contribution < -0.4 is 10.1 Å². The van der Waals surface area contributed by atoms with Gasteiger partial charge in [-0.25, -0.2) is 0 Å². The van der Waals surface area contributed by atoms with Crippen LogP contribution in [-0.2, 0) is 16.1 Å². The summed E-state index contributed by atoms with van der Waals surface area (Å²) in [6.07, 6.45) is 6.03. The van der Waals surface area contributed by atoms with Gasteiger partial charge in [-0.05, 0) is 74.1 Å². The third kappa shape index (κ3) is 7.50. The maximum Gasteiger partial charge on any atom is 0.261 e. The third-order valence-electron chi connectivity index (χ3n) is 6.16. The van der Waals surface area contributed by atoms with Crippen LogP contribution in [0.5, 0.6) is 5.75 Å². The summed E-state index contributed by atoms with van der Waals surface area (Å²) in [4.78, 5) is 28.2. The van der Waals surface area contributed by atoms with Gasteiger partial charge in [0.25, 0.3) is 5.91 Å². The highest BCUT2D eigenvalue weighted by atomic mass is 35.5. The summed E-state index contributed by atoms with van der Waals surface area (Å²) >= 11 is 6.04. The zero-order chi connectivity index (χ0) is 23.8. The van der Waals surface area contributed by atoms with Gasteiger partial charge >= 0.3 is 0 Å². The number of aryl methyl sites for hydroxylation is 2. The first-order valence-corrected chi connectivity index (χ1v) is 12.3. The second-order valence-corrected chi connectivity index (χ2v) is 9.46. The van der Waals surface area contributed by atoms with E-state index in [1.165, 1.54) is 6.42 Å². The molecule has 0 bridgehead atoms. The maximum atomic E-state index is 13.3. The fourth-order valence-corrected chi connectivity index (χ4v) is 4.62. The first-order valence-electron chi connectivity index (χ1n) is 11.9. The molecule has 5 nitrogen and oxygen atoms in total. The lowest BCUT2D eigenvalue weighted by Crippen LogP contribution is -2.52. The Morgan fingerprint density at radius 2 is 1.70 bits per heavy atom. The number of carbonyl (C=O) groups is 2. The molecule has 1 N–H and O–H groups in total. The highest BCUT2D eigenvalue weighted by Crippen LogP contribution is 2.20. The van der Waals surface area contributed by atoms with Crippen LogP contribution in [0.15, 0.2) is 42.5 Å². The van der Waals surface area contributed by atoms with E-state index in [9.17, 15) is 9.59 Å². The Morgan fingerprint density at radius 3 is 2.30 bits per heavy atom. The van der Waals surface area contributed by atoms with Gasteiger partial charge in [0.2, 0.25) is 5.91 Å². The molecular formula is C27H35ClN2O3. The van der Waals surface area contributed by atoms with Crippen LogP contribution in [0.4, 0.5) is 0 Å². The van der Waals surface area contributed by atoms with Crippen molar-refractivity contribution < 1.29 is 14.3 Å². The van der Waals surface area contributed by atoms with E-state index in [4.69, 9.17) is 16.3 Å². The number of nitrogens with one attached hydrogen (secondary N) is 1. The minimum Gasteiger partial charge on any atom is -0.484 e. The number of nitrogens with zero attached hydrogens (tertiary/aromatic N) is 1. The Bertz CT molecular complexity index is 919. The van der Waals surface area contributed by atoms with Gasteiger partial charge in [-0.2, -0.15) is 0 Å². The number of hydrogen-bond acceptors (Lipinski definition) is 3. The van der Waals surface area contributed by atoms with Crippen LogP contribution in [-0.4, -0.2) is 35.4 Å². The fraction of sp³-hybridized carbons (Fsp3) is 0.481. The molecule has 1 aliphatic carbocycles. The first-order chi connectivity index (χ1) is 15.9. The zero-order valence-electron chi connectivity index (χ0n) is 19.9. The number of halogens is 1. The van der Waals surface area contributed by atoms with Crippen LogP contribution in [0.2, 0.25) is 5.02 Å². The Morgan fingerprint density at radius 1 is 1.06 bits per heavy atom. The van der Waals surface area contributed by atoms with E-state index in [1.807, 2.05) is 45.0 Å². The molecule has 1 aliphatic rings. The van der Waals surface area contributed by atoms with E-state index >= 15 is 0 Å². The van der Waals surface area contributed by atoms with Crippen LogP contribution in [0.25, 0.3) is 0 Å². The normalized spacial score (nSPS) is 15.0. The second kappa shape index (κ2) is 12.1. The monoisotopic (exact) mass is 470 g/mol. The molecular weight excluding hydrogens is 436 g/mol. The van der Waals surface area contributed by atoms with Gasteiger partial charge in [0.05, 0.1) is 0 Å².